The largest absolute Gasteiger partial charge is 0.486 e. The Morgan fingerprint density at radius 1 is 1.33 bits per heavy atom. The van der Waals surface area contributed by atoms with Gasteiger partial charge >= 0.3 is 6.18 Å². The number of halogens is 7. The molecule has 0 saturated carbocycles. The van der Waals surface area contributed by atoms with E-state index in [0.717, 1.165) is 15.3 Å². The Morgan fingerprint density at radius 2 is 2.00 bits per heavy atom. The van der Waals surface area contributed by atoms with Crippen molar-refractivity contribution < 1.29 is 39.5 Å². The molecule has 33 heavy (non-hydrogen) atoms. The topological polar surface area (TPSA) is 73.2 Å². The van der Waals surface area contributed by atoms with E-state index in [4.69, 9.17) is 0 Å². The number of nitrogens with zero attached hydrogens (tertiary/aromatic N) is 2. The first-order valence-electron chi connectivity index (χ1n) is 9.64. The van der Waals surface area contributed by atoms with Crippen LogP contribution in [0.1, 0.15) is 31.5 Å². The molecule has 0 saturated heterocycles. The third-order valence-corrected chi connectivity index (χ3v) is 7.76. The minimum absolute atomic E-state index is 0.153. The van der Waals surface area contributed by atoms with Gasteiger partial charge in [-0.2, -0.15) is 22.5 Å². The maximum atomic E-state index is 14.2. The predicted molar refractivity (Wildman–Crippen MR) is 121 cm³/mol. The van der Waals surface area contributed by atoms with E-state index < -0.39 is 65.2 Å². The number of hydrogen-bond donors (Lipinski definition) is 1. The number of hydrogen-bond acceptors (Lipinski definition) is 5. The molecule has 0 radical (unpaired) electrons. The van der Waals surface area contributed by atoms with Gasteiger partial charge in [-0.05, 0) is 18.4 Å². The third-order valence-electron chi connectivity index (χ3n) is 4.62. The molecule has 1 N–H and O–H groups in total. The molecule has 0 fully saturated rings. The molecule has 1 unspecified atom stereocenters. The second kappa shape index (κ2) is 11.4. The number of rotatable bonds is 7. The fourth-order valence-electron chi connectivity index (χ4n) is 3.20. The zero-order valence-electron chi connectivity index (χ0n) is 17.3. The number of ether oxygens (including phenoxy) is 1. The van der Waals surface area contributed by atoms with Crippen LogP contribution < -0.4 is 9.46 Å². The van der Waals surface area contributed by atoms with Crippen molar-refractivity contribution in [1.29, 1.82) is 0 Å². The lowest BCUT2D eigenvalue weighted by Crippen LogP contribution is -2.29. The number of anilines is 1. The standard InChI is InChI=1S/C16H14F6IN3O3S2.C2H6/c17-3-4-29-12-6-10(18)15(24-14(12)19)25-31(27,28)13-7-26(30-23)11-5-8(16(20,21)22)1-2-9(11)13;1-2/h6-8H,1-5H2,(H,24,25);1-2H3. The summed E-state index contributed by atoms with van der Waals surface area (Å²) < 4.78 is 113. The maximum absolute atomic E-state index is 14.2. The molecule has 1 aliphatic rings. The molecule has 0 bridgehead atoms. The van der Waals surface area contributed by atoms with Crippen LogP contribution in [0.4, 0.5) is 32.2 Å². The highest BCUT2D eigenvalue weighted by Crippen LogP contribution is 2.41. The van der Waals surface area contributed by atoms with E-state index in [0.29, 0.717) is 6.07 Å². The zero-order chi connectivity index (χ0) is 25.0. The van der Waals surface area contributed by atoms with E-state index in [1.807, 2.05) is 18.6 Å². The van der Waals surface area contributed by atoms with E-state index in [1.165, 1.54) is 3.97 Å². The van der Waals surface area contributed by atoms with Crippen LogP contribution in [0, 0.1) is 17.7 Å². The summed E-state index contributed by atoms with van der Waals surface area (Å²) in [6.45, 7) is 2.50. The van der Waals surface area contributed by atoms with Crippen LogP contribution in [0.3, 0.4) is 0 Å². The normalized spacial score (nSPS) is 16.0. The van der Waals surface area contributed by atoms with Gasteiger partial charge in [0.1, 0.15) is 18.2 Å². The first kappa shape index (κ1) is 27.9. The van der Waals surface area contributed by atoms with Gasteiger partial charge in [-0.3, -0.25) is 8.69 Å². The highest BCUT2D eigenvalue weighted by atomic mass is 127. The van der Waals surface area contributed by atoms with Gasteiger partial charge in [0.15, 0.2) is 17.4 Å². The lowest BCUT2D eigenvalue weighted by atomic mass is 9.87. The smallest absolute Gasteiger partial charge is 0.392 e. The fourth-order valence-corrected chi connectivity index (χ4v) is 6.03. The van der Waals surface area contributed by atoms with Crippen molar-refractivity contribution in [2.75, 3.05) is 18.0 Å². The Balaban J connectivity index is 0.00000187. The van der Waals surface area contributed by atoms with Gasteiger partial charge in [-0.15, -0.1) is 0 Å². The Labute approximate surface area is 203 Å². The van der Waals surface area contributed by atoms with Crippen LogP contribution in [0.15, 0.2) is 17.2 Å². The van der Waals surface area contributed by atoms with Crippen LogP contribution in [0.2, 0.25) is 0 Å². The molecule has 2 aromatic heterocycles. The second-order valence-electron chi connectivity index (χ2n) is 6.55. The van der Waals surface area contributed by atoms with Crippen LogP contribution in [-0.4, -0.2) is 36.8 Å². The Morgan fingerprint density at radius 3 is 2.58 bits per heavy atom. The molecule has 0 aliphatic heterocycles. The number of aromatic nitrogens is 2. The lowest BCUT2D eigenvalue weighted by molar-refractivity contribution is -0.177. The van der Waals surface area contributed by atoms with Crippen molar-refractivity contribution in [3.63, 3.8) is 0 Å². The number of sulfonamides is 1. The summed E-state index contributed by atoms with van der Waals surface area (Å²) in [7, 11) is -3.52. The summed E-state index contributed by atoms with van der Waals surface area (Å²) >= 11 is 1.80. The first-order valence-corrected chi connectivity index (χ1v) is 14.4. The molecular weight excluding hydrogens is 611 g/mol. The van der Waals surface area contributed by atoms with E-state index in [-0.39, 0.29) is 29.0 Å². The Hall–Kier alpha value is -1.36. The first-order chi connectivity index (χ1) is 15.5. The van der Waals surface area contributed by atoms with E-state index in [9.17, 15) is 34.8 Å². The van der Waals surface area contributed by atoms with Crippen LogP contribution in [-0.2, 0) is 22.9 Å². The fraction of sp³-hybridized carbons (Fsp3) is 0.500. The Bertz CT molecular complexity index is 1080. The van der Waals surface area contributed by atoms with Gasteiger partial charge in [0, 0.05) is 54.7 Å². The van der Waals surface area contributed by atoms with Crippen LogP contribution in [0.25, 0.3) is 0 Å². The summed E-state index contributed by atoms with van der Waals surface area (Å²) in [5.41, 5.74) is 0.379. The van der Waals surface area contributed by atoms with Crippen molar-refractivity contribution in [3.8, 4) is 5.75 Å². The Kier molecular flexibility index (Phi) is 9.61. The highest BCUT2D eigenvalue weighted by Gasteiger charge is 2.43. The van der Waals surface area contributed by atoms with Crippen LogP contribution >= 0.6 is 30.3 Å². The molecule has 0 amide bonds. The summed E-state index contributed by atoms with van der Waals surface area (Å²) in [6, 6.07) is 0.519. The predicted octanol–water partition coefficient (Wildman–Crippen LogP) is 5.85. The van der Waals surface area contributed by atoms with Gasteiger partial charge in [-0.1, -0.05) is 13.8 Å². The van der Waals surface area contributed by atoms with Crippen molar-refractivity contribution in [2.45, 2.75) is 44.2 Å². The third kappa shape index (κ3) is 6.41. The summed E-state index contributed by atoms with van der Waals surface area (Å²) in [4.78, 5) is 2.84. The maximum Gasteiger partial charge on any atom is 0.392 e. The molecular formula is C18H20F6IN3O3S2. The molecule has 2 heterocycles. The number of nitrogens with one attached hydrogen (secondary N) is 1. The monoisotopic (exact) mass is 631 g/mol. The molecule has 2 aromatic rings. The van der Waals surface area contributed by atoms with Gasteiger partial charge in [0.25, 0.3) is 16.0 Å². The SMILES string of the molecule is CC.O=S(=O)(Nc1nc(F)c(OCCF)cc1F)c1cn(SI)c2c1CCC(C(F)(F)F)C2. The molecule has 3 rings (SSSR count). The van der Waals surface area contributed by atoms with Crippen molar-refractivity contribution in [1.82, 2.24) is 8.96 Å². The number of alkyl halides is 4. The summed E-state index contributed by atoms with van der Waals surface area (Å²) in [5.74, 6) is -5.89. The molecule has 186 valence electrons. The average molecular weight is 631 g/mol. The molecule has 6 nitrogen and oxygen atoms in total. The van der Waals surface area contributed by atoms with E-state index in [2.05, 4.69) is 9.72 Å². The zero-order valence-corrected chi connectivity index (χ0v) is 21.1. The minimum Gasteiger partial charge on any atom is -0.486 e. The highest BCUT2D eigenvalue weighted by molar-refractivity contribution is 14.2. The molecule has 15 heteroatoms. The average Bonchev–Trinajstić information content (AvgIpc) is 3.15. The van der Waals surface area contributed by atoms with Gasteiger partial charge < -0.3 is 4.74 Å². The van der Waals surface area contributed by atoms with Gasteiger partial charge in [0.2, 0.25) is 0 Å². The molecule has 1 aliphatic carbocycles. The van der Waals surface area contributed by atoms with Crippen molar-refractivity contribution >= 4 is 46.2 Å². The number of fused-ring (bicyclic) bond motifs is 1. The van der Waals surface area contributed by atoms with Crippen LogP contribution in [0.5, 0.6) is 5.75 Å². The van der Waals surface area contributed by atoms with Crippen molar-refractivity contribution in [3.05, 3.63) is 35.3 Å². The second-order valence-corrected chi connectivity index (χ2v) is 9.91. The molecule has 0 aromatic carbocycles. The lowest BCUT2D eigenvalue weighted by Gasteiger charge is -2.25. The van der Waals surface area contributed by atoms with Gasteiger partial charge in [0.05, 0.1) is 5.92 Å². The quantitative estimate of drug-likeness (QED) is 0.236. The summed E-state index contributed by atoms with van der Waals surface area (Å²) in [6.07, 6.45) is -4.13. The summed E-state index contributed by atoms with van der Waals surface area (Å²) in [5, 5.41) is 0. The van der Waals surface area contributed by atoms with Crippen molar-refractivity contribution in [2.24, 2.45) is 5.92 Å². The van der Waals surface area contributed by atoms with E-state index in [1.54, 1.807) is 21.2 Å². The number of pyridine rings is 1. The molecule has 0 spiro atoms. The van der Waals surface area contributed by atoms with Gasteiger partial charge in [-0.25, -0.2) is 17.2 Å². The van der Waals surface area contributed by atoms with E-state index >= 15 is 0 Å². The minimum atomic E-state index is -4.50. The molecule has 1 atom stereocenters.